The molecular weight excluding hydrogens is 196 g/mol. The topological polar surface area (TPSA) is 92.4 Å². The van der Waals surface area contributed by atoms with Gasteiger partial charge in [-0.2, -0.15) is 0 Å². The Bertz CT molecular complexity index is 217. The van der Waals surface area contributed by atoms with Crippen molar-refractivity contribution in [3.8, 4) is 0 Å². The maximum Gasteiger partial charge on any atom is 0.303 e. The van der Waals surface area contributed by atoms with Crippen LogP contribution in [0.1, 0.15) is 33.1 Å². The molecule has 4 N–H and O–H groups in total. The van der Waals surface area contributed by atoms with E-state index in [-0.39, 0.29) is 24.3 Å². The fourth-order valence-electron chi connectivity index (χ4n) is 1.01. The van der Waals surface area contributed by atoms with Crippen LogP contribution in [0, 0.1) is 5.92 Å². The maximum absolute atomic E-state index is 11.4. The highest BCUT2D eigenvalue weighted by Gasteiger charge is 2.15. The van der Waals surface area contributed by atoms with Crippen LogP contribution in [0.3, 0.4) is 0 Å². The van der Waals surface area contributed by atoms with Gasteiger partial charge < -0.3 is 16.2 Å². The van der Waals surface area contributed by atoms with Crippen LogP contribution in [0.2, 0.25) is 0 Å². The lowest BCUT2D eigenvalue weighted by Gasteiger charge is -2.14. The number of aliphatic carboxylic acids is 1. The van der Waals surface area contributed by atoms with Gasteiger partial charge in [-0.1, -0.05) is 6.92 Å². The zero-order valence-electron chi connectivity index (χ0n) is 9.32. The Kier molecular flexibility index (Phi) is 6.70. The molecule has 0 aromatic carbocycles. The van der Waals surface area contributed by atoms with E-state index >= 15 is 0 Å². The fourth-order valence-corrected chi connectivity index (χ4v) is 1.01. The van der Waals surface area contributed by atoms with Gasteiger partial charge >= 0.3 is 5.97 Å². The first-order chi connectivity index (χ1) is 6.95. The van der Waals surface area contributed by atoms with E-state index in [1.54, 1.807) is 13.8 Å². The van der Waals surface area contributed by atoms with E-state index in [0.29, 0.717) is 19.4 Å². The van der Waals surface area contributed by atoms with Crippen LogP contribution < -0.4 is 11.1 Å². The number of nitrogens with one attached hydrogen (secondary N) is 1. The first-order valence-electron chi connectivity index (χ1n) is 5.20. The predicted octanol–water partition coefficient (Wildman–Crippen LogP) is 0.341. The first kappa shape index (κ1) is 13.9. The molecule has 0 aromatic heterocycles. The molecule has 5 nitrogen and oxygen atoms in total. The van der Waals surface area contributed by atoms with Gasteiger partial charge in [-0.3, -0.25) is 9.59 Å². The van der Waals surface area contributed by atoms with E-state index in [1.165, 1.54) is 0 Å². The second-order valence-electron chi connectivity index (χ2n) is 3.79. The van der Waals surface area contributed by atoms with Crippen LogP contribution in [0.25, 0.3) is 0 Å². The van der Waals surface area contributed by atoms with Gasteiger partial charge in [0.05, 0.1) is 0 Å². The Labute approximate surface area is 90.0 Å². The molecule has 0 aliphatic carbocycles. The van der Waals surface area contributed by atoms with Crippen LogP contribution >= 0.6 is 0 Å². The van der Waals surface area contributed by atoms with Gasteiger partial charge in [0, 0.05) is 24.9 Å². The molecule has 0 radical (unpaired) electrons. The number of hydrogen-bond donors (Lipinski definition) is 3. The fraction of sp³-hybridized carbons (Fsp3) is 0.800. The summed E-state index contributed by atoms with van der Waals surface area (Å²) in [6.07, 6.45) is 1.42. The molecule has 15 heavy (non-hydrogen) atoms. The number of hydrogen-bond acceptors (Lipinski definition) is 3. The minimum absolute atomic E-state index is 0.0691. The summed E-state index contributed by atoms with van der Waals surface area (Å²) in [6, 6.07) is -0.163. The third kappa shape index (κ3) is 6.90. The summed E-state index contributed by atoms with van der Waals surface area (Å²) in [4.78, 5) is 21.6. The lowest BCUT2D eigenvalue weighted by atomic mass is 10.0. The minimum Gasteiger partial charge on any atom is -0.481 e. The van der Waals surface area contributed by atoms with E-state index in [2.05, 4.69) is 5.32 Å². The molecule has 0 saturated carbocycles. The summed E-state index contributed by atoms with van der Waals surface area (Å²) in [7, 11) is 0. The number of carboxylic acid groups (broad SMARTS) is 1. The highest BCUT2D eigenvalue weighted by molar-refractivity contribution is 5.78. The molecule has 0 fully saturated rings. The molecule has 2 atom stereocenters. The molecule has 0 rings (SSSR count). The molecule has 0 aliphatic heterocycles. The maximum atomic E-state index is 11.4. The summed E-state index contributed by atoms with van der Waals surface area (Å²) >= 11 is 0. The highest BCUT2D eigenvalue weighted by Crippen LogP contribution is 2.00. The Morgan fingerprint density at radius 3 is 2.40 bits per heavy atom. The number of nitrogens with two attached hydrogens (primary N) is 1. The molecule has 0 aliphatic rings. The van der Waals surface area contributed by atoms with E-state index in [0.717, 1.165) is 0 Å². The Balaban J connectivity index is 3.51. The number of rotatable bonds is 7. The summed E-state index contributed by atoms with van der Waals surface area (Å²) in [5.41, 5.74) is 5.57. The largest absolute Gasteiger partial charge is 0.481 e. The van der Waals surface area contributed by atoms with Crippen molar-refractivity contribution in [2.45, 2.75) is 39.2 Å². The van der Waals surface area contributed by atoms with Crippen molar-refractivity contribution in [2.75, 3.05) is 6.54 Å². The normalized spacial score (nSPS) is 14.3. The number of carboxylic acids is 1. The van der Waals surface area contributed by atoms with Crippen LogP contribution in [0.15, 0.2) is 0 Å². The Morgan fingerprint density at radius 1 is 1.33 bits per heavy atom. The number of unbranched alkanes of at least 4 members (excludes halogenated alkanes) is 1. The standard InChI is InChI=1S/C10H20N2O3/c1-7(8(2)11)10(15)12-6-4-3-5-9(13)14/h7-8H,3-6,11H2,1-2H3,(H,12,15)(H,13,14). The zero-order valence-corrected chi connectivity index (χ0v) is 9.32. The molecule has 1 amide bonds. The van der Waals surface area contributed by atoms with Crippen molar-refractivity contribution in [2.24, 2.45) is 11.7 Å². The third-order valence-electron chi connectivity index (χ3n) is 2.32. The highest BCUT2D eigenvalue weighted by atomic mass is 16.4. The Morgan fingerprint density at radius 2 is 1.93 bits per heavy atom. The number of amides is 1. The molecule has 0 aromatic rings. The third-order valence-corrected chi connectivity index (χ3v) is 2.32. The SMILES string of the molecule is CC(N)C(C)C(=O)NCCCCC(=O)O. The van der Waals surface area contributed by atoms with E-state index in [9.17, 15) is 9.59 Å². The van der Waals surface area contributed by atoms with Crippen molar-refractivity contribution in [3.05, 3.63) is 0 Å². The lowest BCUT2D eigenvalue weighted by Crippen LogP contribution is -2.38. The molecule has 88 valence electrons. The van der Waals surface area contributed by atoms with Gasteiger partial charge in [-0.05, 0) is 19.8 Å². The van der Waals surface area contributed by atoms with E-state index in [4.69, 9.17) is 10.8 Å². The van der Waals surface area contributed by atoms with Gasteiger partial charge in [0.2, 0.25) is 5.91 Å². The molecule has 0 spiro atoms. The number of carbonyl (C=O) groups is 2. The van der Waals surface area contributed by atoms with Crippen LogP contribution in [0.4, 0.5) is 0 Å². The second-order valence-corrected chi connectivity index (χ2v) is 3.79. The van der Waals surface area contributed by atoms with Crippen molar-refractivity contribution < 1.29 is 14.7 Å². The van der Waals surface area contributed by atoms with Crippen molar-refractivity contribution in [1.29, 1.82) is 0 Å². The lowest BCUT2D eigenvalue weighted by molar-refractivity contribution is -0.137. The minimum atomic E-state index is -0.801. The van der Waals surface area contributed by atoms with Crippen molar-refractivity contribution in [1.82, 2.24) is 5.32 Å². The summed E-state index contributed by atoms with van der Waals surface area (Å²) in [6.45, 7) is 4.08. The average molecular weight is 216 g/mol. The number of carbonyl (C=O) groups excluding carboxylic acids is 1. The van der Waals surface area contributed by atoms with Crippen molar-refractivity contribution in [3.63, 3.8) is 0 Å². The summed E-state index contributed by atoms with van der Waals surface area (Å²) in [5.74, 6) is -1.07. The average Bonchev–Trinajstić information content (AvgIpc) is 2.15. The molecule has 0 heterocycles. The van der Waals surface area contributed by atoms with Crippen LogP contribution in [0.5, 0.6) is 0 Å². The zero-order chi connectivity index (χ0) is 11.8. The Hall–Kier alpha value is -1.10. The smallest absolute Gasteiger partial charge is 0.303 e. The molecule has 0 saturated heterocycles. The van der Waals surface area contributed by atoms with Gasteiger partial charge in [-0.25, -0.2) is 0 Å². The van der Waals surface area contributed by atoms with Gasteiger partial charge in [0.1, 0.15) is 0 Å². The first-order valence-corrected chi connectivity index (χ1v) is 5.20. The summed E-state index contributed by atoms with van der Waals surface area (Å²) in [5, 5.41) is 11.1. The van der Waals surface area contributed by atoms with E-state index in [1.807, 2.05) is 0 Å². The van der Waals surface area contributed by atoms with Gasteiger partial charge in [-0.15, -0.1) is 0 Å². The monoisotopic (exact) mass is 216 g/mol. The van der Waals surface area contributed by atoms with Crippen molar-refractivity contribution >= 4 is 11.9 Å². The van der Waals surface area contributed by atoms with Crippen LogP contribution in [-0.2, 0) is 9.59 Å². The predicted molar refractivity (Wildman–Crippen MR) is 57.3 cm³/mol. The molecular formula is C10H20N2O3. The van der Waals surface area contributed by atoms with Gasteiger partial charge in [0.25, 0.3) is 0 Å². The van der Waals surface area contributed by atoms with E-state index < -0.39 is 5.97 Å². The molecule has 5 heteroatoms. The quantitative estimate of drug-likeness (QED) is 0.535. The molecule has 0 bridgehead atoms. The van der Waals surface area contributed by atoms with Crippen LogP contribution in [-0.4, -0.2) is 29.6 Å². The van der Waals surface area contributed by atoms with Gasteiger partial charge in [0.15, 0.2) is 0 Å². The molecule has 2 unspecified atom stereocenters. The summed E-state index contributed by atoms with van der Waals surface area (Å²) < 4.78 is 0. The second kappa shape index (κ2) is 7.23.